The maximum Gasteiger partial charge on any atom is 0.158 e. The zero-order valence-electron chi connectivity index (χ0n) is 12.1. The first-order valence-electron chi connectivity index (χ1n) is 6.73. The summed E-state index contributed by atoms with van der Waals surface area (Å²) in [5.41, 5.74) is 9.26. The van der Waals surface area contributed by atoms with Crippen LogP contribution in [0.25, 0.3) is 11.4 Å². The molecule has 0 bridgehead atoms. The van der Waals surface area contributed by atoms with Crippen molar-refractivity contribution in [1.82, 2.24) is 14.8 Å². The van der Waals surface area contributed by atoms with E-state index in [0.29, 0.717) is 12.5 Å². The molecule has 2 N–H and O–H groups in total. The monoisotopic (exact) mass is 258 g/mol. The van der Waals surface area contributed by atoms with Gasteiger partial charge in [-0.2, -0.15) is 5.10 Å². The topological polar surface area (TPSA) is 56.7 Å². The highest BCUT2D eigenvalue weighted by Gasteiger charge is 2.12. The van der Waals surface area contributed by atoms with Crippen LogP contribution in [0, 0.1) is 6.92 Å². The van der Waals surface area contributed by atoms with Crippen LogP contribution in [-0.4, -0.2) is 21.3 Å². The van der Waals surface area contributed by atoms with Gasteiger partial charge in [0.05, 0.1) is 0 Å². The normalized spacial score (nSPS) is 11.3. The van der Waals surface area contributed by atoms with Gasteiger partial charge in [-0.3, -0.25) is 0 Å². The number of nitrogens with two attached hydrogens (primary N) is 1. The van der Waals surface area contributed by atoms with Crippen molar-refractivity contribution < 1.29 is 0 Å². The molecule has 0 aliphatic carbocycles. The molecule has 0 fully saturated rings. The second-order valence-electron chi connectivity index (χ2n) is 5.24. The number of rotatable bonds is 4. The maximum atomic E-state index is 5.56. The van der Waals surface area contributed by atoms with E-state index in [2.05, 4.69) is 49.1 Å². The third-order valence-electron chi connectivity index (χ3n) is 3.34. The van der Waals surface area contributed by atoms with Crippen LogP contribution in [0.2, 0.25) is 0 Å². The molecule has 0 unspecified atom stereocenters. The first kappa shape index (κ1) is 13.7. The lowest BCUT2D eigenvalue weighted by Crippen LogP contribution is -2.04. The van der Waals surface area contributed by atoms with Crippen LogP contribution in [-0.2, 0) is 13.5 Å². The average molecular weight is 258 g/mol. The van der Waals surface area contributed by atoms with Crippen molar-refractivity contribution in [3.8, 4) is 11.4 Å². The van der Waals surface area contributed by atoms with Gasteiger partial charge in [-0.1, -0.05) is 26.0 Å². The SMILES string of the molecule is Cc1ccc(C(C)C)cc1-c1nc(CCN)nn1C. The Kier molecular flexibility index (Phi) is 4.00. The fraction of sp³-hybridized carbons (Fsp3) is 0.467. The lowest BCUT2D eigenvalue weighted by molar-refractivity contribution is 0.744. The zero-order chi connectivity index (χ0) is 14.0. The molecule has 0 aliphatic rings. The van der Waals surface area contributed by atoms with Crippen LogP contribution in [0.5, 0.6) is 0 Å². The number of aryl methyl sites for hydroxylation is 2. The van der Waals surface area contributed by atoms with E-state index >= 15 is 0 Å². The van der Waals surface area contributed by atoms with Gasteiger partial charge >= 0.3 is 0 Å². The molecule has 0 saturated carbocycles. The van der Waals surface area contributed by atoms with Crippen molar-refractivity contribution in [2.24, 2.45) is 12.8 Å². The molecule has 4 nitrogen and oxygen atoms in total. The molecular weight excluding hydrogens is 236 g/mol. The van der Waals surface area contributed by atoms with Crippen molar-refractivity contribution in [2.45, 2.75) is 33.1 Å². The average Bonchev–Trinajstić information content (AvgIpc) is 2.71. The van der Waals surface area contributed by atoms with Crippen molar-refractivity contribution in [3.63, 3.8) is 0 Å². The molecule has 19 heavy (non-hydrogen) atoms. The van der Waals surface area contributed by atoms with Crippen molar-refractivity contribution >= 4 is 0 Å². The molecule has 4 heteroatoms. The highest BCUT2D eigenvalue weighted by atomic mass is 15.3. The standard InChI is InChI=1S/C15H22N4/c1-10(2)12-6-5-11(3)13(9-12)15-17-14(7-8-16)18-19(15)4/h5-6,9-10H,7-8,16H2,1-4H3. The minimum atomic E-state index is 0.510. The molecule has 1 aromatic heterocycles. The summed E-state index contributed by atoms with van der Waals surface area (Å²) in [6.45, 7) is 7.08. The first-order valence-corrected chi connectivity index (χ1v) is 6.73. The van der Waals surface area contributed by atoms with Gasteiger partial charge in [-0.15, -0.1) is 0 Å². The molecule has 0 saturated heterocycles. The summed E-state index contributed by atoms with van der Waals surface area (Å²) >= 11 is 0. The smallest absolute Gasteiger partial charge is 0.158 e. The van der Waals surface area contributed by atoms with Crippen LogP contribution in [0.1, 0.15) is 36.7 Å². The first-order chi connectivity index (χ1) is 9.02. The van der Waals surface area contributed by atoms with Gasteiger partial charge in [-0.25, -0.2) is 9.67 Å². The lowest BCUT2D eigenvalue weighted by atomic mass is 9.97. The number of hydrogen-bond donors (Lipinski definition) is 1. The quantitative estimate of drug-likeness (QED) is 0.916. The summed E-state index contributed by atoms with van der Waals surface area (Å²) in [7, 11) is 1.93. The molecule has 2 aromatic rings. The number of aromatic nitrogens is 3. The van der Waals surface area contributed by atoms with E-state index in [1.165, 1.54) is 11.1 Å². The van der Waals surface area contributed by atoms with E-state index in [9.17, 15) is 0 Å². The van der Waals surface area contributed by atoms with Gasteiger partial charge in [0.25, 0.3) is 0 Å². The van der Waals surface area contributed by atoms with E-state index in [1.54, 1.807) is 0 Å². The molecule has 0 aliphatic heterocycles. The Labute approximate surface area is 114 Å². The fourth-order valence-electron chi connectivity index (χ4n) is 2.15. The number of nitrogens with zero attached hydrogens (tertiary/aromatic N) is 3. The van der Waals surface area contributed by atoms with E-state index in [4.69, 9.17) is 5.73 Å². The Bertz CT molecular complexity index is 570. The summed E-state index contributed by atoms with van der Waals surface area (Å²) in [6, 6.07) is 6.55. The third-order valence-corrected chi connectivity index (χ3v) is 3.34. The molecule has 0 radical (unpaired) electrons. The zero-order valence-corrected chi connectivity index (χ0v) is 12.1. The van der Waals surface area contributed by atoms with Gasteiger partial charge in [0.1, 0.15) is 0 Å². The molecule has 0 atom stereocenters. The van der Waals surface area contributed by atoms with Crippen LogP contribution < -0.4 is 5.73 Å². The van der Waals surface area contributed by atoms with Gasteiger partial charge in [0, 0.05) is 19.0 Å². The Morgan fingerprint density at radius 3 is 2.68 bits per heavy atom. The van der Waals surface area contributed by atoms with Crippen molar-refractivity contribution in [1.29, 1.82) is 0 Å². The predicted octanol–water partition coefficient (Wildman–Crippen LogP) is 2.42. The summed E-state index contributed by atoms with van der Waals surface area (Å²) < 4.78 is 1.84. The van der Waals surface area contributed by atoms with Gasteiger partial charge in [0.2, 0.25) is 0 Å². The summed E-state index contributed by atoms with van der Waals surface area (Å²) in [4.78, 5) is 4.60. The molecule has 1 heterocycles. The summed E-state index contributed by atoms with van der Waals surface area (Å²) in [5.74, 6) is 2.24. The molecule has 0 amide bonds. The lowest BCUT2D eigenvalue weighted by Gasteiger charge is -2.10. The predicted molar refractivity (Wildman–Crippen MR) is 78.0 cm³/mol. The highest BCUT2D eigenvalue weighted by Crippen LogP contribution is 2.26. The highest BCUT2D eigenvalue weighted by molar-refractivity contribution is 5.61. The Hall–Kier alpha value is -1.68. The Morgan fingerprint density at radius 1 is 1.32 bits per heavy atom. The maximum absolute atomic E-state index is 5.56. The minimum Gasteiger partial charge on any atom is -0.330 e. The minimum absolute atomic E-state index is 0.510. The Balaban J connectivity index is 2.48. The second-order valence-corrected chi connectivity index (χ2v) is 5.24. The molecule has 0 spiro atoms. The second kappa shape index (κ2) is 5.53. The molecule has 1 aromatic carbocycles. The van der Waals surface area contributed by atoms with Gasteiger partial charge in [0.15, 0.2) is 11.6 Å². The number of hydrogen-bond acceptors (Lipinski definition) is 3. The number of benzene rings is 1. The van der Waals surface area contributed by atoms with Crippen LogP contribution >= 0.6 is 0 Å². The van der Waals surface area contributed by atoms with Crippen LogP contribution in [0.3, 0.4) is 0 Å². The van der Waals surface area contributed by atoms with E-state index in [1.807, 2.05) is 11.7 Å². The summed E-state index contributed by atoms with van der Waals surface area (Å²) in [5, 5.41) is 4.42. The fourth-order valence-corrected chi connectivity index (χ4v) is 2.15. The van der Waals surface area contributed by atoms with Crippen molar-refractivity contribution in [2.75, 3.05) is 6.54 Å². The van der Waals surface area contributed by atoms with Crippen LogP contribution in [0.15, 0.2) is 18.2 Å². The molecule has 102 valence electrons. The third kappa shape index (κ3) is 2.84. The largest absolute Gasteiger partial charge is 0.330 e. The summed E-state index contributed by atoms with van der Waals surface area (Å²) in [6.07, 6.45) is 0.719. The van der Waals surface area contributed by atoms with E-state index in [-0.39, 0.29) is 0 Å². The van der Waals surface area contributed by atoms with Gasteiger partial charge < -0.3 is 5.73 Å². The van der Waals surface area contributed by atoms with Gasteiger partial charge in [-0.05, 0) is 36.6 Å². The van der Waals surface area contributed by atoms with E-state index in [0.717, 1.165) is 23.6 Å². The molecule has 2 rings (SSSR count). The van der Waals surface area contributed by atoms with E-state index < -0.39 is 0 Å². The Morgan fingerprint density at radius 2 is 2.05 bits per heavy atom. The van der Waals surface area contributed by atoms with Crippen molar-refractivity contribution in [3.05, 3.63) is 35.2 Å². The van der Waals surface area contributed by atoms with Crippen LogP contribution in [0.4, 0.5) is 0 Å². The molecular formula is C15H22N4.